The summed E-state index contributed by atoms with van der Waals surface area (Å²) in [6, 6.07) is 20.8. The van der Waals surface area contributed by atoms with Gasteiger partial charge in [0.1, 0.15) is 17.4 Å². The number of para-hydroxylation sites is 1. The van der Waals surface area contributed by atoms with Crippen molar-refractivity contribution < 1.29 is 23.9 Å². The zero-order valence-corrected chi connectivity index (χ0v) is 18.7. The maximum Gasteiger partial charge on any atom is 0.266 e. The fraction of sp³-hybridized carbons (Fsp3) is 0.200. The zero-order chi connectivity index (χ0) is 23.1. The fourth-order valence-electron chi connectivity index (χ4n) is 4.44. The number of carbonyl (C=O) groups excluding carboxylic acids is 2. The van der Waals surface area contributed by atoms with Crippen molar-refractivity contribution in [3.05, 3.63) is 83.4 Å². The first-order valence-corrected chi connectivity index (χ1v) is 10.8. The van der Waals surface area contributed by atoms with Gasteiger partial charge >= 0.3 is 0 Å². The Bertz CT molecular complexity index is 1200. The molecular weight excluding hydrogens is 444 g/mol. The van der Waals surface area contributed by atoms with Gasteiger partial charge in [0.15, 0.2) is 6.10 Å². The van der Waals surface area contributed by atoms with E-state index in [9.17, 15) is 9.59 Å². The lowest BCUT2D eigenvalue weighted by Gasteiger charge is -2.29. The SMILES string of the molecule is COc1ccc(C2C3C(=O)N(c4ccc(Cl)cc4)C(=O)C3ON2c2ccccc2)c(OC)c1. The monoisotopic (exact) mass is 464 g/mol. The molecule has 2 aliphatic heterocycles. The third-order valence-corrected chi connectivity index (χ3v) is 6.22. The summed E-state index contributed by atoms with van der Waals surface area (Å²) in [6.07, 6.45) is -0.967. The van der Waals surface area contributed by atoms with Crippen molar-refractivity contribution in [3.63, 3.8) is 0 Å². The molecule has 168 valence electrons. The normalized spacial score (nSPS) is 22.0. The minimum absolute atomic E-state index is 0.339. The summed E-state index contributed by atoms with van der Waals surface area (Å²) < 4.78 is 11.0. The summed E-state index contributed by atoms with van der Waals surface area (Å²) in [5, 5.41) is 2.15. The van der Waals surface area contributed by atoms with Crippen molar-refractivity contribution in [2.24, 2.45) is 5.92 Å². The van der Waals surface area contributed by atoms with Crippen molar-refractivity contribution in [3.8, 4) is 11.5 Å². The quantitative estimate of drug-likeness (QED) is 0.521. The van der Waals surface area contributed by atoms with E-state index in [0.717, 1.165) is 5.69 Å². The second kappa shape index (κ2) is 8.42. The number of ether oxygens (including phenoxy) is 2. The number of imide groups is 1. The van der Waals surface area contributed by atoms with Gasteiger partial charge in [-0.15, -0.1) is 0 Å². The lowest BCUT2D eigenvalue weighted by molar-refractivity contribution is -0.126. The first-order chi connectivity index (χ1) is 16.0. The van der Waals surface area contributed by atoms with Gasteiger partial charge in [-0.1, -0.05) is 29.8 Å². The van der Waals surface area contributed by atoms with E-state index in [-0.39, 0.29) is 5.91 Å². The van der Waals surface area contributed by atoms with E-state index in [1.54, 1.807) is 55.7 Å². The van der Waals surface area contributed by atoms with Gasteiger partial charge in [-0.3, -0.25) is 14.4 Å². The predicted octanol–water partition coefficient (Wildman–Crippen LogP) is 4.41. The van der Waals surface area contributed by atoms with E-state index in [4.69, 9.17) is 25.9 Å². The van der Waals surface area contributed by atoms with Crippen LogP contribution in [0, 0.1) is 5.92 Å². The second-order valence-electron chi connectivity index (χ2n) is 7.75. The number of hydrogen-bond donors (Lipinski definition) is 0. The van der Waals surface area contributed by atoms with Crippen LogP contribution in [0.5, 0.6) is 11.5 Å². The molecule has 3 atom stereocenters. The number of amides is 2. The van der Waals surface area contributed by atoms with E-state index >= 15 is 0 Å². The minimum Gasteiger partial charge on any atom is -0.497 e. The molecule has 2 aliphatic rings. The van der Waals surface area contributed by atoms with Crippen LogP contribution < -0.4 is 19.4 Å². The fourth-order valence-corrected chi connectivity index (χ4v) is 4.56. The first kappa shape index (κ1) is 21.3. The minimum atomic E-state index is -0.967. The zero-order valence-electron chi connectivity index (χ0n) is 18.0. The number of hydroxylamine groups is 1. The topological polar surface area (TPSA) is 68.3 Å². The van der Waals surface area contributed by atoms with E-state index in [1.807, 2.05) is 36.4 Å². The predicted molar refractivity (Wildman–Crippen MR) is 124 cm³/mol. The van der Waals surface area contributed by atoms with Crippen molar-refractivity contribution in [1.82, 2.24) is 0 Å². The van der Waals surface area contributed by atoms with Gasteiger partial charge in [0.05, 0.1) is 31.6 Å². The lowest BCUT2D eigenvalue weighted by atomic mass is 9.90. The number of carbonyl (C=O) groups is 2. The molecule has 0 radical (unpaired) electrons. The Morgan fingerprint density at radius 1 is 0.848 bits per heavy atom. The summed E-state index contributed by atoms with van der Waals surface area (Å²) in [6.45, 7) is 0. The van der Waals surface area contributed by atoms with Gasteiger partial charge in [-0.25, -0.2) is 9.96 Å². The number of benzene rings is 3. The molecule has 0 spiro atoms. The highest BCUT2D eigenvalue weighted by atomic mass is 35.5. The molecule has 5 rings (SSSR count). The summed E-state index contributed by atoms with van der Waals surface area (Å²) in [5.41, 5.74) is 1.90. The molecule has 3 unspecified atom stereocenters. The molecular formula is C25H21ClN2O5. The largest absolute Gasteiger partial charge is 0.497 e. The highest BCUT2D eigenvalue weighted by Crippen LogP contribution is 2.50. The van der Waals surface area contributed by atoms with Crippen LogP contribution in [-0.4, -0.2) is 32.1 Å². The molecule has 3 aromatic carbocycles. The summed E-state index contributed by atoms with van der Waals surface area (Å²) in [5.74, 6) is -0.365. The van der Waals surface area contributed by atoms with Crippen LogP contribution in [0.25, 0.3) is 0 Å². The standard InChI is InChI=1S/C25H21ClN2O5/c1-31-18-12-13-19(20(14-18)32-2)22-21-23(33-28(22)17-6-4-3-5-7-17)25(30)27(24(21)29)16-10-8-15(26)9-11-16/h3-14,21-23H,1-2H3. The molecule has 7 nitrogen and oxygen atoms in total. The van der Waals surface area contributed by atoms with Crippen molar-refractivity contribution in [2.75, 3.05) is 24.2 Å². The van der Waals surface area contributed by atoms with E-state index in [2.05, 4.69) is 0 Å². The van der Waals surface area contributed by atoms with Crippen LogP contribution in [0.3, 0.4) is 0 Å². The van der Waals surface area contributed by atoms with Crippen molar-refractivity contribution in [2.45, 2.75) is 12.1 Å². The Morgan fingerprint density at radius 3 is 2.24 bits per heavy atom. The van der Waals surface area contributed by atoms with Crippen molar-refractivity contribution in [1.29, 1.82) is 0 Å². The molecule has 0 aliphatic carbocycles. The highest BCUT2D eigenvalue weighted by molar-refractivity contribution is 6.31. The van der Waals surface area contributed by atoms with Gasteiger partial charge in [0.2, 0.25) is 5.91 Å². The third-order valence-electron chi connectivity index (χ3n) is 5.97. The van der Waals surface area contributed by atoms with Gasteiger partial charge in [0, 0.05) is 16.7 Å². The Kier molecular flexibility index (Phi) is 5.44. The number of hydrogen-bond acceptors (Lipinski definition) is 6. The Balaban J connectivity index is 1.62. The molecule has 0 saturated carbocycles. The van der Waals surface area contributed by atoms with Crippen LogP contribution in [0.4, 0.5) is 11.4 Å². The number of rotatable bonds is 5. The van der Waals surface area contributed by atoms with Crippen LogP contribution >= 0.6 is 11.6 Å². The lowest BCUT2D eigenvalue weighted by Crippen LogP contribution is -2.37. The molecule has 2 saturated heterocycles. The molecule has 0 N–H and O–H groups in total. The Labute approximate surface area is 196 Å². The first-order valence-electron chi connectivity index (χ1n) is 10.4. The number of nitrogens with zero attached hydrogens (tertiary/aromatic N) is 2. The van der Waals surface area contributed by atoms with Gasteiger partial charge in [0.25, 0.3) is 5.91 Å². The average Bonchev–Trinajstić information content (AvgIpc) is 3.35. The van der Waals surface area contributed by atoms with Gasteiger partial charge < -0.3 is 9.47 Å². The number of methoxy groups -OCH3 is 2. The third kappa shape index (κ3) is 3.50. The number of fused-ring (bicyclic) bond motifs is 1. The molecule has 0 aromatic heterocycles. The maximum atomic E-state index is 13.7. The summed E-state index contributed by atoms with van der Waals surface area (Å²) in [4.78, 5) is 34.4. The Hall–Kier alpha value is -3.55. The number of anilines is 2. The molecule has 2 amide bonds. The molecule has 0 bridgehead atoms. The van der Waals surface area contributed by atoms with Crippen LogP contribution in [0.2, 0.25) is 5.02 Å². The number of halogens is 1. The smallest absolute Gasteiger partial charge is 0.266 e. The average molecular weight is 465 g/mol. The highest BCUT2D eigenvalue weighted by Gasteiger charge is 2.60. The van der Waals surface area contributed by atoms with Crippen molar-refractivity contribution >= 4 is 34.8 Å². The molecule has 2 heterocycles. The molecule has 33 heavy (non-hydrogen) atoms. The Morgan fingerprint density at radius 2 is 1.58 bits per heavy atom. The molecule has 8 heteroatoms. The maximum absolute atomic E-state index is 13.7. The van der Waals surface area contributed by atoms with Crippen LogP contribution in [-0.2, 0) is 14.4 Å². The van der Waals surface area contributed by atoms with Crippen LogP contribution in [0.15, 0.2) is 72.8 Å². The van der Waals surface area contributed by atoms with E-state index < -0.39 is 24.0 Å². The van der Waals surface area contributed by atoms with Gasteiger partial charge in [-0.2, -0.15) is 0 Å². The molecule has 3 aromatic rings. The van der Waals surface area contributed by atoms with E-state index in [1.165, 1.54) is 4.90 Å². The summed E-state index contributed by atoms with van der Waals surface area (Å²) in [7, 11) is 3.13. The summed E-state index contributed by atoms with van der Waals surface area (Å²) >= 11 is 5.99. The van der Waals surface area contributed by atoms with Crippen LogP contribution in [0.1, 0.15) is 11.6 Å². The molecule has 2 fully saturated rings. The van der Waals surface area contributed by atoms with E-state index in [0.29, 0.717) is 27.8 Å². The van der Waals surface area contributed by atoms with Gasteiger partial charge in [-0.05, 0) is 48.5 Å². The second-order valence-corrected chi connectivity index (χ2v) is 8.19.